The van der Waals surface area contributed by atoms with E-state index < -0.39 is 11.2 Å². The summed E-state index contributed by atoms with van der Waals surface area (Å²) < 4.78 is 2.40. The zero-order valence-electron chi connectivity index (χ0n) is 17.1. The first-order chi connectivity index (χ1) is 15.1. The number of piperidine rings is 1. The molecule has 1 aliphatic heterocycles. The van der Waals surface area contributed by atoms with Gasteiger partial charge in [0.1, 0.15) is 6.54 Å². The lowest BCUT2D eigenvalue weighted by atomic mass is 10.1. The van der Waals surface area contributed by atoms with Gasteiger partial charge < -0.3 is 10.2 Å². The van der Waals surface area contributed by atoms with Crippen molar-refractivity contribution in [2.75, 3.05) is 18.0 Å². The maximum atomic E-state index is 12.8. The first-order valence-corrected chi connectivity index (χ1v) is 10.3. The van der Waals surface area contributed by atoms with Crippen LogP contribution in [0.3, 0.4) is 0 Å². The molecule has 31 heavy (non-hydrogen) atoms. The van der Waals surface area contributed by atoms with Gasteiger partial charge in [0.2, 0.25) is 11.9 Å². The molecule has 1 N–H and O–H groups in total. The number of anilines is 1. The van der Waals surface area contributed by atoms with Crippen molar-refractivity contribution in [2.24, 2.45) is 0 Å². The number of hydrogen-bond acceptors (Lipinski definition) is 6. The summed E-state index contributed by atoms with van der Waals surface area (Å²) >= 11 is 0. The molecule has 0 spiro atoms. The summed E-state index contributed by atoms with van der Waals surface area (Å²) in [4.78, 5) is 48.2. The predicted octanol–water partition coefficient (Wildman–Crippen LogP) is 0.633. The Labute approximate surface area is 179 Å². The smallest absolute Gasteiger partial charge is 0.331 e. The van der Waals surface area contributed by atoms with Crippen molar-refractivity contribution >= 4 is 11.9 Å². The fourth-order valence-corrected chi connectivity index (χ4v) is 3.75. The van der Waals surface area contributed by atoms with Crippen LogP contribution in [0.15, 0.2) is 70.6 Å². The van der Waals surface area contributed by atoms with Crippen molar-refractivity contribution in [1.29, 1.82) is 0 Å². The zero-order chi connectivity index (χ0) is 21.6. The molecule has 9 nitrogen and oxygen atoms in total. The third-order valence-corrected chi connectivity index (χ3v) is 5.26. The van der Waals surface area contributed by atoms with E-state index >= 15 is 0 Å². The van der Waals surface area contributed by atoms with Gasteiger partial charge in [0.05, 0.1) is 6.54 Å². The van der Waals surface area contributed by atoms with E-state index in [0.29, 0.717) is 19.0 Å². The summed E-state index contributed by atoms with van der Waals surface area (Å²) in [5.41, 5.74) is -0.0634. The second kappa shape index (κ2) is 9.38. The van der Waals surface area contributed by atoms with Gasteiger partial charge in [0.15, 0.2) is 0 Å². The van der Waals surface area contributed by atoms with Crippen LogP contribution in [-0.2, 0) is 17.9 Å². The minimum absolute atomic E-state index is 0.101. The molecule has 0 aliphatic carbocycles. The third kappa shape index (κ3) is 5.06. The summed E-state index contributed by atoms with van der Waals surface area (Å²) in [7, 11) is 0. The molecule has 9 heteroatoms. The molecule has 2 aromatic heterocycles. The van der Waals surface area contributed by atoms with E-state index in [-0.39, 0.29) is 18.5 Å². The number of hydrogen-bond donors (Lipinski definition) is 1. The second-order valence-electron chi connectivity index (χ2n) is 7.54. The zero-order valence-corrected chi connectivity index (χ0v) is 17.1. The van der Waals surface area contributed by atoms with E-state index in [9.17, 15) is 14.4 Å². The lowest BCUT2D eigenvalue weighted by molar-refractivity contribution is -0.122. The van der Waals surface area contributed by atoms with Gasteiger partial charge in [-0.15, -0.1) is 0 Å². The Morgan fingerprint density at radius 3 is 2.61 bits per heavy atom. The van der Waals surface area contributed by atoms with Crippen LogP contribution in [0.4, 0.5) is 5.95 Å². The maximum absolute atomic E-state index is 12.8. The molecule has 1 unspecified atom stereocenters. The highest BCUT2D eigenvalue weighted by molar-refractivity contribution is 5.76. The van der Waals surface area contributed by atoms with Gasteiger partial charge in [0.25, 0.3) is 5.56 Å². The SMILES string of the molecule is O=C(Cn1c(=O)ccn(Cc2ccccc2)c1=O)NC1CCCN(c2ncccn2)C1. The Kier molecular flexibility index (Phi) is 6.21. The van der Waals surface area contributed by atoms with Crippen molar-refractivity contribution in [3.8, 4) is 0 Å². The van der Waals surface area contributed by atoms with Crippen LogP contribution in [0.2, 0.25) is 0 Å². The van der Waals surface area contributed by atoms with Crippen molar-refractivity contribution in [2.45, 2.75) is 32.0 Å². The minimum Gasteiger partial charge on any atom is -0.350 e. The lowest BCUT2D eigenvalue weighted by Gasteiger charge is -2.33. The molecule has 1 amide bonds. The third-order valence-electron chi connectivity index (χ3n) is 5.26. The maximum Gasteiger partial charge on any atom is 0.331 e. The summed E-state index contributed by atoms with van der Waals surface area (Å²) in [6.45, 7) is 1.41. The average molecular weight is 420 g/mol. The van der Waals surface area contributed by atoms with Crippen LogP contribution in [-0.4, -0.2) is 44.1 Å². The molecule has 160 valence electrons. The first-order valence-electron chi connectivity index (χ1n) is 10.3. The number of carbonyl (C=O) groups excluding carboxylic acids is 1. The lowest BCUT2D eigenvalue weighted by Crippen LogP contribution is -2.50. The van der Waals surface area contributed by atoms with Gasteiger partial charge in [-0.2, -0.15) is 0 Å². The quantitative estimate of drug-likeness (QED) is 0.628. The average Bonchev–Trinajstić information content (AvgIpc) is 2.80. The number of amides is 1. The molecule has 1 saturated heterocycles. The molecule has 3 heterocycles. The van der Waals surface area contributed by atoms with E-state index in [0.717, 1.165) is 29.5 Å². The molecular weight excluding hydrogens is 396 g/mol. The number of nitrogens with one attached hydrogen (secondary N) is 1. The van der Waals surface area contributed by atoms with Gasteiger partial charge in [-0.3, -0.25) is 18.7 Å². The molecule has 1 atom stereocenters. The van der Waals surface area contributed by atoms with E-state index in [1.54, 1.807) is 18.5 Å². The van der Waals surface area contributed by atoms with Gasteiger partial charge in [-0.25, -0.2) is 14.8 Å². The minimum atomic E-state index is -0.505. The van der Waals surface area contributed by atoms with E-state index in [1.165, 1.54) is 16.8 Å². The number of carbonyl (C=O) groups is 1. The molecule has 1 aliphatic rings. The number of nitrogens with zero attached hydrogens (tertiary/aromatic N) is 5. The molecule has 0 radical (unpaired) electrons. The van der Waals surface area contributed by atoms with Crippen molar-refractivity contribution < 1.29 is 4.79 Å². The van der Waals surface area contributed by atoms with E-state index in [2.05, 4.69) is 15.3 Å². The van der Waals surface area contributed by atoms with Gasteiger partial charge in [-0.1, -0.05) is 30.3 Å². The Bertz CT molecular complexity index is 1140. The normalized spacial score (nSPS) is 16.1. The van der Waals surface area contributed by atoms with E-state index in [4.69, 9.17) is 0 Å². The standard InChI is InChI=1S/C22H24N6O3/c29-19(25-18-8-4-12-26(15-18)21-23-10-5-11-24-21)16-28-20(30)9-13-27(22(28)31)14-17-6-2-1-3-7-17/h1-3,5-7,9-11,13,18H,4,8,12,14-16H2,(H,25,29). The fourth-order valence-electron chi connectivity index (χ4n) is 3.75. The Morgan fingerprint density at radius 1 is 1.06 bits per heavy atom. The van der Waals surface area contributed by atoms with Gasteiger partial charge in [-0.05, 0) is 24.5 Å². The highest BCUT2D eigenvalue weighted by Gasteiger charge is 2.23. The molecule has 1 fully saturated rings. The first kappa shape index (κ1) is 20.5. The summed E-state index contributed by atoms with van der Waals surface area (Å²) in [5.74, 6) is 0.266. The van der Waals surface area contributed by atoms with Crippen LogP contribution in [0.5, 0.6) is 0 Å². The predicted molar refractivity (Wildman–Crippen MR) is 116 cm³/mol. The van der Waals surface area contributed by atoms with Crippen LogP contribution in [0.1, 0.15) is 18.4 Å². The van der Waals surface area contributed by atoms with Crippen LogP contribution >= 0.6 is 0 Å². The number of rotatable bonds is 6. The van der Waals surface area contributed by atoms with Crippen molar-refractivity contribution in [3.05, 3.63) is 87.5 Å². The topological polar surface area (TPSA) is 102 Å². The molecule has 0 saturated carbocycles. The molecular formula is C22H24N6O3. The largest absolute Gasteiger partial charge is 0.350 e. The highest BCUT2D eigenvalue weighted by atomic mass is 16.2. The molecule has 4 rings (SSSR count). The Hall–Kier alpha value is -3.75. The molecule has 3 aromatic rings. The van der Waals surface area contributed by atoms with Crippen molar-refractivity contribution in [3.63, 3.8) is 0 Å². The monoisotopic (exact) mass is 420 g/mol. The molecule has 1 aromatic carbocycles. The van der Waals surface area contributed by atoms with Crippen LogP contribution in [0.25, 0.3) is 0 Å². The molecule has 0 bridgehead atoms. The van der Waals surface area contributed by atoms with E-state index in [1.807, 2.05) is 35.2 Å². The fraction of sp³-hybridized carbons (Fsp3) is 0.318. The number of aromatic nitrogens is 4. The van der Waals surface area contributed by atoms with Crippen molar-refractivity contribution in [1.82, 2.24) is 24.4 Å². The van der Waals surface area contributed by atoms with Gasteiger partial charge in [0, 0.05) is 43.8 Å². The summed E-state index contributed by atoms with van der Waals surface area (Å²) in [6.07, 6.45) is 6.54. The van der Waals surface area contributed by atoms with Crippen LogP contribution in [0, 0.1) is 0 Å². The second-order valence-corrected chi connectivity index (χ2v) is 7.54. The van der Waals surface area contributed by atoms with Crippen LogP contribution < -0.4 is 21.5 Å². The Balaban J connectivity index is 1.43. The Morgan fingerprint density at radius 2 is 1.84 bits per heavy atom. The summed E-state index contributed by atoms with van der Waals surface area (Å²) in [5, 5.41) is 2.95. The number of benzene rings is 1. The highest BCUT2D eigenvalue weighted by Crippen LogP contribution is 2.15. The van der Waals surface area contributed by atoms with Gasteiger partial charge >= 0.3 is 5.69 Å². The summed E-state index contributed by atoms with van der Waals surface area (Å²) in [6, 6.07) is 12.4.